The zero-order valence-electron chi connectivity index (χ0n) is 18.5. The van der Waals surface area contributed by atoms with Gasteiger partial charge in [-0.25, -0.2) is 0 Å². The monoisotopic (exact) mass is 347 g/mol. The van der Waals surface area contributed by atoms with E-state index in [4.69, 9.17) is 0 Å². The van der Waals surface area contributed by atoms with Gasteiger partial charge >= 0.3 is 0 Å². The highest BCUT2D eigenvalue weighted by Gasteiger charge is 2.45. The predicted octanol–water partition coefficient (Wildman–Crippen LogP) is 6.93. The average Bonchev–Trinajstić information content (AvgIpc) is 3.07. The molecule has 1 heterocycles. The Kier molecular flexibility index (Phi) is 6.51. The summed E-state index contributed by atoms with van der Waals surface area (Å²) in [4.78, 5) is 2.69. The number of hydrogen-bond acceptors (Lipinski definition) is 1. The van der Waals surface area contributed by atoms with Crippen molar-refractivity contribution in [1.82, 2.24) is 4.90 Å². The predicted molar refractivity (Wildman–Crippen MR) is 112 cm³/mol. The second-order valence-electron chi connectivity index (χ2n) is 11.8. The van der Waals surface area contributed by atoms with Gasteiger partial charge in [-0.05, 0) is 81.0 Å². The molecule has 2 rings (SSSR count). The lowest BCUT2D eigenvalue weighted by Gasteiger charge is -2.40. The number of rotatable bonds is 7. The summed E-state index contributed by atoms with van der Waals surface area (Å²) in [5, 5.41) is 0. The van der Waals surface area contributed by atoms with Crippen molar-refractivity contribution in [3.63, 3.8) is 0 Å². The summed E-state index contributed by atoms with van der Waals surface area (Å²) in [5.74, 6) is 2.47. The van der Waals surface area contributed by atoms with Crippen LogP contribution in [0, 0.1) is 28.6 Å². The summed E-state index contributed by atoms with van der Waals surface area (Å²) in [6, 6.07) is 0. The number of hydrogen-bond donors (Lipinski definition) is 0. The van der Waals surface area contributed by atoms with Crippen LogP contribution in [0.3, 0.4) is 0 Å². The zero-order valence-corrected chi connectivity index (χ0v) is 18.5. The highest BCUT2D eigenvalue weighted by atomic mass is 15.3. The van der Waals surface area contributed by atoms with Crippen molar-refractivity contribution in [3.8, 4) is 0 Å². The van der Waals surface area contributed by atoms with Crippen LogP contribution in [0.25, 0.3) is 0 Å². The molecule has 146 valence electrons. The molecule has 0 radical (unpaired) electrons. The Bertz CT molecular complexity index is 446. The van der Waals surface area contributed by atoms with Gasteiger partial charge in [0, 0.05) is 18.6 Å². The van der Waals surface area contributed by atoms with E-state index in [-0.39, 0.29) is 0 Å². The molecule has 1 heteroatoms. The van der Waals surface area contributed by atoms with E-state index >= 15 is 0 Å². The van der Waals surface area contributed by atoms with Gasteiger partial charge in [0.2, 0.25) is 0 Å². The Hall–Kier alpha value is -0.300. The molecule has 0 amide bonds. The topological polar surface area (TPSA) is 3.01 Å². The number of allylic oxidation sites excluding steroid dienone is 2. The third kappa shape index (κ3) is 6.42. The summed E-state index contributed by atoms with van der Waals surface area (Å²) < 4.78 is 0. The lowest BCUT2D eigenvalue weighted by molar-refractivity contribution is 0.106. The molecular weight excluding hydrogens is 302 g/mol. The first-order chi connectivity index (χ1) is 11.4. The molecule has 0 bridgehead atoms. The van der Waals surface area contributed by atoms with E-state index < -0.39 is 0 Å². The van der Waals surface area contributed by atoms with Crippen LogP contribution in [0.2, 0.25) is 0 Å². The van der Waals surface area contributed by atoms with Crippen LogP contribution in [0.5, 0.6) is 0 Å². The molecule has 0 N–H and O–H groups in total. The van der Waals surface area contributed by atoms with Crippen LogP contribution in [0.15, 0.2) is 12.2 Å². The fourth-order valence-corrected chi connectivity index (χ4v) is 4.50. The van der Waals surface area contributed by atoms with Crippen LogP contribution in [0.4, 0.5) is 0 Å². The standard InChI is InChI=1S/C24H45N/c1-22(2,3)20(15-14-19-12-10-9-11-13-19)16-21(23(4,5)6)17-25-18-24(25,7)8/h10,12,19-21H,9,11,13-18H2,1-8H3. The van der Waals surface area contributed by atoms with E-state index in [1.165, 1.54) is 51.6 Å². The maximum absolute atomic E-state index is 2.69. The minimum atomic E-state index is 0.396. The molecule has 0 aromatic carbocycles. The van der Waals surface area contributed by atoms with Crippen molar-refractivity contribution in [3.05, 3.63) is 12.2 Å². The number of nitrogens with zero attached hydrogens (tertiary/aromatic N) is 1. The summed E-state index contributed by atoms with van der Waals surface area (Å²) in [7, 11) is 0. The Morgan fingerprint density at radius 2 is 1.64 bits per heavy atom. The normalized spacial score (nSPS) is 28.6. The minimum Gasteiger partial charge on any atom is -0.295 e. The maximum Gasteiger partial charge on any atom is 0.0281 e. The summed E-state index contributed by atoms with van der Waals surface area (Å²) in [5.41, 5.74) is 1.26. The molecule has 0 spiro atoms. The van der Waals surface area contributed by atoms with E-state index in [0.717, 1.165) is 17.8 Å². The van der Waals surface area contributed by atoms with Crippen molar-refractivity contribution in [2.45, 2.75) is 99.5 Å². The van der Waals surface area contributed by atoms with E-state index in [1.807, 2.05) is 0 Å². The second kappa shape index (κ2) is 7.75. The van der Waals surface area contributed by atoms with Gasteiger partial charge in [-0.3, -0.25) is 4.90 Å². The van der Waals surface area contributed by atoms with E-state index in [9.17, 15) is 0 Å². The Labute approximate surface area is 158 Å². The van der Waals surface area contributed by atoms with Gasteiger partial charge in [-0.2, -0.15) is 0 Å². The van der Waals surface area contributed by atoms with Crippen molar-refractivity contribution >= 4 is 0 Å². The smallest absolute Gasteiger partial charge is 0.0281 e. The molecular formula is C24H45N. The van der Waals surface area contributed by atoms with Crippen molar-refractivity contribution < 1.29 is 0 Å². The third-order valence-corrected chi connectivity index (χ3v) is 7.03. The first-order valence-corrected chi connectivity index (χ1v) is 10.8. The Balaban J connectivity index is 1.99. The third-order valence-electron chi connectivity index (χ3n) is 7.03. The molecule has 25 heavy (non-hydrogen) atoms. The lowest BCUT2D eigenvalue weighted by atomic mass is 9.67. The van der Waals surface area contributed by atoms with Crippen molar-refractivity contribution in [1.29, 1.82) is 0 Å². The zero-order chi connectivity index (χ0) is 18.9. The van der Waals surface area contributed by atoms with Crippen molar-refractivity contribution in [2.24, 2.45) is 28.6 Å². The minimum absolute atomic E-state index is 0.396. The molecule has 1 nitrogen and oxygen atoms in total. The van der Waals surface area contributed by atoms with Gasteiger partial charge < -0.3 is 0 Å². The van der Waals surface area contributed by atoms with Crippen molar-refractivity contribution in [2.75, 3.05) is 13.1 Å². The molecule has 4 atom stereocenters. The van der Waals surface area contributed by atoms with E-state index in [0.29, 0.717) is 16.4 Å². The fraction of sp³-hybridized carbons (Fsp3) is 0.917. The van der Waals surface area contributed by atoms with Gasteiger partial charge in [0.1, 0.15) is 0 Å². The summed E-state index contributed by atoms with van der Waals surface area (Å²) in [6.07, 6.45) is 13.2. The first-order valence-electron chi connectivity index (χ1n) is 10.8. The van der Waals surface area contributed by atoms with Crippen LogP contribution in [0.1, 0.15) is 93.9 Å². The highest BCUT2D eigenvalue weighted by molar-refractivity contribution is 5.01. The molecule has 1 aliphatic heterocycles. The molecule has 1 saturated heterocycles. The Morgan fingerprint density at radius 3 is 2.08 bits per heavy atom. The summed E-state index contributed by atoms with van der Waals surface area (Å²) in [6.45, 7) is 22.1. The van der Waals surface area contributed by atoms with Gasteiger partial charge in [0.15, 0.2) is 0 Å². The fourth-order valence-electron chi connectivity index (χ4n) is 4.50. The van der Waals surface area contributed by atoms with Gasteiger partial charge in [0.05, 0.1) is 0 Å². The molecule has 0 aromatic heterocycles. The van der Waals surface area contributed by atoms with Gasteiger partial charge in [0.25, 0.3) is 0 Å². The Morgan fingerprint density at radius 1 is 1.04 bits per heavy atom. The summed E-state index contributed by atoms with van der Waals surface area (Å²) >= 11 is 0. The van der Waals surface area contributed by atoms with Crippen LogP contribution >= 0.6 is 0 Å². The van der Waals surface area contributed by atoms with E-state index in [2.05, 4.69) is 72.4 Å². The quantitative estimate of drug-likeness (QED) is 0.356. The van der Waals surface area contributed by atoms with Crippen LogP contribution in [-0.2, 0) is 0 Å². The SMILES string of the molecule is CC(C)(C)C(CCC1C=CCCC1)CC(CN1CC1(C)C)C(C)(C)C. The molecule has 0 aromatic rings. The average molecular weight is 348 g/mol. The van der Waals surface area contributed by atoms with Crippen LogP contribution in [-0.4, -0.2) is 23.5 Å². The highest BCUT2D eigenvalue weighted by Crippen LogP contribution is 2.43. The largest absolute Gasteiger partial charge is 0.295 e. The second-order valence-corrected chi connectivity index (χ2v) is 11.8. The molecule has 1 fully saturated rings. The molecule has 1 aliphatic carbocycles. The first kappa shape index (κ1) is 21.0. The molecule has 4 unspecified atom stereocenters. The molecule has 0 saturated carbocycles. The lowest BCUT2D eigenvalue weighted by Crippen LogP contribution is -2.34. The van der Waals surface area contributed by atoms with Gasteiger partial charge in [-0.15, -0.1) is 0 Å². The maximum atomic E-state index is 2.69. The van der Waals surface area contributed by atoms with Crippen LogP contribution < -0.4 is 0 Å². The molecule has 2 aliphatic rings. The van der Waals surface area contributed by atoms with Gasteiger partial charge in [-0.1, -0.05) is 53.7 Å². The van der Waals surface area contributed by atoms with E-state index in [1.54, 1.807) is 0 Å².